The average molecular weight is 358 g/mol. The Bertz CT molecular complexity index is 995. The lowest BCUT2D eigenvalue weighted by atomic mass is 10.1. The molecule has 0 saturated carbocycles. The predicted molar refractivity (Wildman–Crippen MR) is 96.5 cm³/mol. The van der Waals surface area contributed by atoms with Gasteiger partial charge in [0.05, 0.1) is 11.1 Å². The first-order valence-corrected chi connectivity index (χ1v) is 8.26. The van der Waals surface area contributed by atoms with Crippen LogP contribution in [-0.4, -0.2) is 20.7 Å². The zero-order chi connectivity index (χ0) is 19.0. The lowest BCUT2D eigenvalue weighted by Crippen LogP contribution is -2.20. The summed E-state index contributed by atoms with van der Waals surface area (Å²) in [6.07, 6.45) is -2.63. The van der Waals surface area contributed by atoms with Gasteiger partial charge in [-0.15, -0.1) is 0 Å². The van der Waals surface area contributed by atoms with Gasteiger partial charge in [-0.05, 0) is 45.4 Å². The van der Waals surface area contributed by atoms with Crippen LogP contribution in [0.2, 0.25) is 0 Å². The number of amides is 1. The molecule has 0 aliphatic carbocycles. The summed E-state index contributed by atoms with van der Waals surface area (Å²) >= 11 is 0. The second kappa shape index (κ2) is 6.82. The second-order valence-corrected chi connectivity index (χ2v) is 6.46. The summed E-state index contributed by atoms with van der Waals surface area (Å²) < 4.78 is 28.1. The number of nitrogens with zero attached hydrogens (tertiary/aromatic N) is 3. The Hall–Kier alpha value is -2.83. The van der Waals surface area contributed by atoms with Crippen molar-refractivity contribution < 1.29 is 13.6 Å². The molecule has 3 aromatic rings. The van der Waals surface area contributed by atoms with E-state index in [0.717, 1.165) is 11.1 Å². The van der Waals surface area contributed by atoms with Crippen LogP contribution < -0.4 is 5.32 Å². The van der Waals surface area contributed by atoms with Crippen LogP contribution >= 0.6 is 0 Å². The maximum Gasteiger partial charge on any atom is 0.264 e. The number of alkyl halides is 2. The molecule has 136 valence electrons. The highest BCUT2D eigenvalue weighted by Crippen LogP contribution is 2.30. The molecule has 0 atom stereocenters. The molecule has 5 nitrogen and oxygen atoms in total. The molecule has 0 fully saturated rings. The number of nitrogens with one attached hydrogen (secondary N) is 1. The number of carbonyl (C=O) groups is 1. The Labute approximate surface area is 150 Å². The van der Waals surface area contributed by atoms with Crippen LogP contribution in [0.15, 0.2) is 24.3 Å². The third kappa shape index (κ3) is 3.42. The minimum atomic E-state index is -2.63. The molecule has 2 heterocycles. The molecule has 1 N–H and O–H groups in total. The zero-order valence-electron chi connectivity index (χ0n) is 15.1. The minimum absolute atomic E-state index is 0.100. The number of fused-ring (bicyclic) bond motifs is 1. The molecule has 1 amide bonds. The predicted octanol–water partition coefficient (Wildman–Crippen LogP) is 4.24. The average Bonchev–Trinajstić information content (AvgIpc) is 2.85. The highest BCUT2D eigenvalue weighted by molar-refractivity contribution is 5.92. The van der Waals surface area contributed by atoms with Crippen molar-refractivity contribution in [3.8, 4) is 0 Å². The SMILES string of the molecule is Cc1ccc(NC(=O)Cn2nc(C)c3c(C(F)F)cc(C)nc32)c(C)c1. The number of pyridine rings is 1. The van der Waals surface area contributed by atoms with E-state index in [1.165, 1.54) is 10.7 Å². The molecule has 1 aromatic carbocycles. The van der Waals surface area contributed by atoms with Crippen molar-refractivity contribution in [2.75, 3.05) is 5.32 Å². The Kier molecular flexibility index (Phi) is 4.71. The summed E-state index contributed by atoms with van der Waals surface area (Å²) in [4.78, 5) is 16.7. The summed E-state index contributed by atoms with van der Waals surface area (Å²) in [5.74, 6) is -0.289. The monoisotopic (exact) mass is 358 g/mol. The number of rotatable bonds is 4. The van der Waals surface area contributed by atoms with Gasteiger partial charge in [0.25, 0.3) is 6.43 Å². The number of carbonyl (C=O) groups excluding carboxylic acids is 1. The Morgan fingerprint density at radius 3 is 2.58 bits per heavy atom. The topological polar surface area (TPSA) is 59.8 Å². The maximum atomic E-state index is 13.3. The molecule has 0 aliphatic heterocycles. The smallest absolute Gasteiger partial charge is 0.264 e. The van der Waals surface area contributed by atoms with Crippen LogP contribution in [0.5, 0.6) is 0 Å². The fourth-order valence-electron chi connectivity index (χ4n) is 3.08. The van der Waals surface area contributed by atoms with Gasteiger partial charge in [0.2, 0.25) is 5.91 Å². The van der Waals surface area contributed by atoms with Gasteiger partial charge in [-0.1, -0.05) is 17.7 Å². The molecular formula is C19H20F2N4O. The first kappa shape index (κ1) is 18.0. The number of hydrogen-bond donors (Lipinski definition) is 1. The van der Waals surface area contributed by atoms with E-state index in [2.05, 4.69) is 15.4 Å². The van der Waals surface area contributed by atoms with Crippen molar-refractivity contribution in [3.05, 3.63) is 52.3 Å². The summed E-state index contributed by atoms with van der Waals surface area (Å²) in [5, 5.41) is 7.40. The van der Waals surface area contributed by atoms with Crippen LogP contribution in [-0.2, 0) is 11.3 Å². The molecule has 3 rings (SSSR count). The molecule has 0 unspecified atom stereocenters. The third-order valence-electron chi connectivity index (χ3n) is 4.22. The fraction of sp³-hybridized carbons (Fsp3) is 0.316. The maximum absolute atomic E-state index is 13.3. The normalized spacial score (nSPS) is 11.3. The molecule has 0 aliphatic rings. The molecule has 0 bridgehead atoms. The summed E-state index contributed by atoms with van der Waals surface area (Å²) in [7, 11) is 0. The summed E-state index contributed by atoms with van der Waals surface area (Å²) in [5.41, 5.74) is 3.86. The van der Waals surface area contributed by atoms with Crippen molar-refractivity contribution >= 4 is 22.6 Å². The molecule has 0 spiro atoms. The van der Waals surface area contributed by atoms with E-state index >= 15 is 0 Å². The van der Waals surface area contributed by atoms with E-state index in [1.54, 1.807) is 13.8 Å². The molecule has 0 saturated heterocycles. The van der Waals surface area contributed by atoms with Crippen molar-refractivity contribution in [1.82, 2.24) is 14.8 Å². The minimum Gasteiger partial charge on any atom is -0.324 e. The second-order valence-electron chi connectivity index (χ2n) is 6.46. The van der Waals surface area contributed by atoms with E-state index in [0.29, 0.717) is 28.1 Å². The number of aromatic nitrogens is 3. The van der Waals surface area contributed by atoms with Crippen molar-refractivity contribution in [3.63, 3.8) is 0 Å². The van der Waals surface area contributed by atoms with E-state index in [-0.39, 0.29) is 18.0 Å². The number of hydrogen-bond acceptors (Lipinski definition) is 3. The van der Waals surface area contributed by atoms with E-state index in [1.807, 2.05) is 32.0 Å². The van der Waals surface area contributed by atoms with Crippen LogP contribution in [0, 0.1) is 27.7 Å². The molecular weight excluding hydrogens is 338 g/mol. The Morgan fingerprint density at radius 2 is 1.92 bits per heavy atom. The van der Waals surface area contributed by atoms with E-state index in [4.69, 9.17) is 0 Å². The van der Waals surface area contributed by atoms with E-state index in [9.17, 15) is 13.6 Å². The zero-order valence-corrected chi connectivity index (χ0v) is 15.1. The molecule has 7 heteroatoms. The first-order chi connectivity index (χ1) is 12.3. The van der Waals surface area contributed by atoms with Crippen LogP contribution in [0.1, 0.15) is 34.5 Å². The third-order valence-corrected chi connectivity index (χ3v) is 4.22. The molecule has 2 aromatic heterocycles. The summed E-state index contributed by atoms with van der Waals surface area (Å²) in [6.45, 7) is 7.08. The molecule has 26 heavy (non-hydrogen) atoms. The highest BCUT2D eigenvalue weighted by Gasteiger charge is 2.20. The fourth-order valence-corrected chi connectivity index (χ4v) is 3.08. The lowest BCUT2D eigenvalue weighted by Gasteiger charge is -2.10. The standard InChI is InChI=1S/C19H20F2N4O/c1-10-5-6-15(11(2)7-10)23-16(26)9-25-19-17(13(4)24-25)14(18(20)21)8-12(3)22-19/h5-8,18H,9H2,1-4H3,(H,23,26). The lowest BCUT2D eigenvalue weighted by molar-refractivity contribution is -0.116. The summed E-state index contributed by atoms with van der Waals surface area (Å²) in [6, 6.07) is 7.09. The van der Waals surface area contributed by atoms with Gasteiger partial charge in [-0.3, -0.25) is 4.79 Å². The van der Waals surface area contributed by atoms with Crippen molar-refractivity contribution in [1.29, 1.82) is 0 Å². The van der Waals surface area contributed by atoms with Gasteiger partial charge in [-0.25, -0.2) is 18.4 Å². The van der Waals surface area contributed by atoms with Crippen LogP contribution in [0.25, 0.3) is 11.0 Å². The van der Waals surface area contributed by atoms with Gasteiger partial charge in [0.1, 0.15) is 6.54 Å². The van der Waals surface area contributed by atoms with Gasteiger partial charge >= 0.3 is 0 Å². The quantitative estimate of drug-likeness (QED) is 0.759. The molecule has 0 radical (unpaired) electrons. The number of anilines is 1. The van der Waals surface area contributed by atoms with Crippen molar-refractivity contribution in [2.45, 2.75) is 40.7 Å². The van der Waals surface area contributed by atoms with Crippen LogP contribution in [0.4, 0.5) is 14.5 Å². The van der Waals surface area contributed by atoms with Gasteiger partial charge in [0, 0.05) is 16.9 Å². The first-order valence-electron chi connectivity index (χ1n) is 8.26. The number of benzene rings is 1. The Morgan fingerprint density at radius 1 is 1.19 bits per heavy atom. The van der Waals surface area contributed by atoms with Gasteiger partial charge < -0.3 is 5.32 Å². The largest absolute Gasteiger partial charge is 0.324 e. The number of halogens is 2. The Balaban J connectivity index is 1.92. The van der Waals surface area contributed by atoms with Gasteiger partial charge in [-0.2, -0.15) is 5.10 Å². The van der Waals surface area contributed by atoms with Crippen molar-refractivity contribution in [2.24, 2.45) is 0 Å². The van der Waals surface area contributed by atoms with Gasteiger partial charge in [0.15, 0.2) is 5.65 Å². The van der Waals surface area contributed by atoms with E-state index < -0.39 is 6.43 Å². The number of aryl methyl sites for hydroxylation is 4. The van der Waals surface area contributed by atoms with Crippen LogP contribution in [0.3, 0.4) is 0 Å². The highest BCUT2D eigenvalue weighted by atomic mass is 19.3.